The summed E-state index contributed by atoms with van der Waals surface area (Å²) in [5.74, 6) is -3.00. The Balaban J connectivity index is 1.89. The first-order valence-corrected chi connectivity index (χ1v) is 9.08. The van der Waals surface area contributed by atoms with Crippen LogP contribution in [0.4, 0.5) is 8.78 Å². The molecule has 2 aromatic carbocycles. The van der Waals surface area contributed by atoms with Gasteiger partial charge in [-0.25, -0.2) is 13.6 Å². The number of hydrogen-bond donors (Lipinski definition) is 1. The van der Waals surface area contributed by atoms with E-state index >= 15 is 0 Å². The number of hydrogen-bond acceptors (Lipinski definition) is 3. The van der Waals surface area contributed by atoms with E-state index in [1.54, 1.807) is 25.1 Å². The van der Waals surface area contributed by atoms with Gasteiger partial charge < -0.3 is 14.6 Å². The highest BCUT2D eigenvalue weighted by Gasteiger charge is 2.24. The van der Waals surface area contributed by atoms with Gasteiger partial charge in [-0.1, -0.05) is 30.7 Å². The van der Waals surface area contributed by atoms with Crippen LogP contribution >= 0.6 is 11.6 Å². The van der Waals surface area contributed by atoms with Crippen LogP contribution in [0.1, 0.15) is 26.2 Å². The van der Waals surface area contributed by atoms with Gasteiger partial charge in [-0.2, -0.15) is 0 Å². The molecule has 0 radical (unpaired) electrons. The van der Waals surface area contributed by atoms with Crippen LogP contribution in [-0.4, -0.2) is 23.8 Å². The van der Waals surface area contributed by atoms with E-state index in [0.717, 1.165) is 25.0 Å². The van der Waals surface area contributed by atoms with Gasteiger partial charge in [0.2, 0.25) is 0 Å². The fraction of sp³-hybridized carbons (Fsp3) is 0.350. The number of ether oxygens (including phenoxy) is 2. The Hall–Kier alpha value is -2.34. The zero-order valence-corrected chi connectivity index (χ0v) is 15.4. The summed E-state index contributed by atoms with van der Waals surface area (Å²) in [5.41, 5.74) is 0.627. The molecule has 144 valence electrons. The van der Waals surface area contributed by atoms with Crippen LogP contribution in [0.25, 0.3) is 11.1 Å². The molecule has 1 unspecified atom stereocenters. The number of carboxylic acids is 1. The Morgan fingerprint density at radius 2 is 1.96 bits per heavy atom. The maximum atomic E-state index is 14.4. The third kappa shape index (κ3) is 4.50. The molecule has 1 atom stereocenters. The number of aliphatic carboxylic acids is 1. The van der Waals surface area contributed by atoms with E-state index in [4.69, 9.17) is 26.2 Å². The van der Waals surface area contributed by atoms with Crippen molar-refractivity contribution < 1.29 is 28.2 Å². The fourth-order valence-electron chi connectivity index (χ4n) is 2.62. The molecule has 0 spiro atoms. The van der Waals surface area contributed by atoms with Crippen molar-refractivity contribution in [2.45, 2.75) is 32.3 Å². The molecule has 1 aliphatic rings. The molecule has 2 aromatic rings. The highest BCUT2D eigenvalue weighted by Crippen LogP contribution is 2.39. The van der Waals surface area contributed by atoms with Crippen LogP contribution in [0, 0.1) is 17.6 Å². The Kier molecular flexibility index (Phi) is 5.85. The minimum Gasteiger partial charge on any atom is -0.492 e. The maximum absolute atomic E-state index is 14.4. The first-order valence-electron chi connectivity index (χ1n) is 8.70. The third-order valence-corrected chi connectivity index (χ3v) is 4.74. The van der Waals surface area contributed by atoms with E-state index in [1.807, 2.05) is 0 Å². The summed E-state index contributed by atoms with van der Waals surface area (Å²) in [6.45, 7) is 2.11. The Bertz CT molecular complexity index is 829. The summed E-state index contributed by atoms with van der Waals surface area (Å²) in [4.78, 5) is 11.0. The molecule has 4 nitrogen and oxygen atoms in total. The van der Waals surface area contributed by atoms with Crippen molar-refractivity contribution in [1.29, 1.82) is 0 Å². The average molecular weight is 397 g/mol. The van der Waals surface area contributed by atoms with E-state index < -0.39 is 29.5 Å². The monoisotopic (exact) mass is 396 g/mol. The maximum Gasteiger partial charge on any atom is 0.344 e. The first-order chi connectivity index (χ1) is 12.9. The molecular formula is C20H19ClF2O4. The summed E-state index contributed by atoms with van der Waals surface area (Å²) in [6.07, 6.45) is 0.999. The van der Waals surface area contributed by atoms with Crippen LogP contribution in [0.5, 0.6) is 11.5 Å². The van der Waals surface area contributed by atoms with Crippen molar-refractivity contribution in [3.05, 3.63) is 47.0 Å². The lowest BCUT2D eigenvalue weighted by Crippen LogP contribution is -2.26. The van der Waals surface area contributed by atoms with Crippen LogP contribution in [0.2, 0.25) is 5.02 Å². The lowest BCUT2D eigenvalue weighted by Gasteiger charge is -2.16. The molecule has 0 aromatic heterocycles. The minimum atomic E-state index is -1.33. The Morgan fingerprint density at radius 1 is 1.30 bits per heavy atom. The molecule has 7 heteroatoms. The number of halogens is 3. The first kappa shape index (κ1) is 19.4. The van der Waals surface area contributed by atoms with E-state index in [1.165, 1.54) is 0 Å². The van der Waals surface area contributed by atoms with Gasteiger partial charge in [-0.15, -0.1) is 0 Å². The van der Waals surface area contributed by atoms with Gasteiger partial charge in [0.05, 0.1) is 11.6 Å². The molecule has 1 N–H and O–H groups in total. The standard InChI is InChI=1S/C20H19ClF2O4/c1-2-16(20(24)25)27-19-14(22)8-12(9-15(19)23)13-4-3-5-17(18(13)21)26-10-11-6-7-11/h3-5,8-9,11,16H,2,6-7,10H2,1H3,(H,24,25). The summed E-state index contributed by atoms with van der Waals surface area (Å²) in [6, 6.07) is 7.17. The Morgan fingerprint density at radius 3 is 2.52 bits per heavy atom. The van der Waals surface area contributed by atoms with Crippen LogP contribution in [0.15, 0.2) is 30.3 Å². The summed E-state index contributed by atoms with van der Waals surface area (Å²) < 4.78 is 39.5. The molecule has 0 heterocycles. The van der Waals surface area contributed by atoms with E-state index in [-0.39, 0.29) is 17.0 Å². The second-order valence-corrected chi connectivity index (χ2v) is 6.87. The fourth-order valence-corrected chi connectivity index (χ4v) is 2.91. The quantitative estimate of drug-likeness (QED) is 0.656. The number of carbonyl (C=O) groups is 1. The van der Waals surface area contributed by atoms with Crippen molar-refractivity contribution >= 4 is 17.6 Å². The van der Waals surface area contributed by atoms with Crippen molar-refractivity contribution in [3.8, 4) is 22.6 Å². The SMILES string of the molecule is CCC(Oc1c(F)cc(-c2cccc(OCC3CC3)c2Cl)cc1F)C(=O)O. The molecule has 0 aliphatic heterocycles. The van der Waals surface area contributed by atoms with Crippen LogP contribution in [0.3, 0.4) is 0 Å². The Labute approximate surface area is 160 Å². The highest BCUT2D eigenvalue weighted by molar-refractivity contribution is 6.34. The van der Waals surface area contributed by atoms with Gasteiger partial charge >= 0.3 is 5.97 Å². The largest absolute Gasteiger partial charge is 0.492 e. The predicted molar refractivity (Wildman–Crippen MR) is 97.4 cm³/mol. The molecule has 0 bridgehead atoms. The zero-order chi connectivity index (χ0) is 19.6. The van der Waals surface area contributed by atoms with Gasteiger partial charge in [0, 0.05) is 5.56 Å². The summed E-state index contributed by atoms with van der Waals surface area (Å²) in [5, 5.41) is 9.27. The molecule has 27 heavy (non-hydrogen) atoms. The second-order valence-electron chi connectivity index (χ2n) is 6.49. The van der Waals surface area contributed by atoms with E-state index in [2.05, 4.69) is 0 Å². The minimum absolute atomic E-state index is 0.0716. The third-order valence-electron chi connectivity index (χ3n) is 4.35. The molecule has 1 aliphatic carbocycles. The van der Waals surface area contributed by atoms with Gasteiger partial charge in [0.15, 0.2) is 23.5 Å². The van der Waals surface area contributed by atoms with Crippen LogP contribution in [-0.2, 0) is 4.79 Å². The van der Waals surface area contributed by atoms with Gasteiger partial charge in [-0.05, 0) is 48.9 Å². The summed E-state index contributed by atoms with van der Waals surface area (Å²) in [7, 11) is 0. The molecule has 0 saturated heterocycles. The topological polar surface area (TPSA) is 55.8 Å². The van der Waals surface area contributed by atoms with E-state index in [9.17, 15) is 13.6 Å². The predicted octanol–water partition coefficient (Wildman–Crippen LogP) is 5.32. The molecule has 0 amide bonds. The number of carboxylic acid groups (broad SMARTS) is 1. The molecule has 1 fully saturated rings. The second kappa shape index (κ2) is 8.13. The van der Waals surface area contributed by atoms with Crippen molar-refractivity contribution in [1.82, 2.24) is 0 Å². The van der Waals surface area contributed by atoms with Gasteiger partial charge in [0.25, 0.3) is 0 Å². The van der Waals surface area contributed by atoms with E-state index in [0.29, 0.717) is 23.8 Å². The number of benzene rings is 2. The zero-order valence-electron chi connectivity index (χ0n) is 14.7. The van der Waals surface area contributed by atoms with Crippen molar-refractivity contribution in [3.63, 3.8) is 0 Å². The smallest absolute Gasteiger partial charge is 0.344 e. The lowest BCUT2D eigenvalue weighted by molar-refractivity contribution is -0.145. The normalized spacial score (nSPS) is 14.7. The van der Waals surface area contributed by atoms with Crippen molar-refractivity contribution in [2.75, 3.05) is 6.61 Å². The highest BCUT2D eigenvalue weighted by atomic mass is 35.5. The number of rotatable bonds is 8. The molecule has 3 rings (SSSR count). The van der Waals surface area contributed by atoms with Gasteiger partial charge in [0.1, 0.15) is 5.75 Å². The van der Waals surface area contributed by atoms with Gasteiger partial charge in [-0.3, -0.25) is 0 Å². The van der Waals surface area contributed by atoms with Crippen LogP contribution < -0.4 is 9.47 Å². The average Bonchev–Trinajstić information content (AvgIpc) is 3.44. The molecule has 1 saturated carbocycles. The van der Waals surface area contributed by atoms with Crippen molar-refractivity contribution in [2.24, 2.45) is 5.92 Å². The lowest BCUT2D eigenvalue weighted by atomic mass is 10.0. The molecular weight excluding hydrogens is 378 g/mol. The summed E-state index contributed by atoms with van der Waals surface area (Å²) >= 11 is 6.36.